The summed E-state index contributed by atoms with van der Waals surface area (Å²) < 4.78 is 31.1. The first kappa shape index (κ1) is 29.1. The molecular formula is C27H33Cl2F2N3O4. The lowest BCUT2D eigenvalue weighted by atomic mass is 9.61. The average molecular weight is 572 g/mol. The van der Waals surface area contributed by atoms with Crippen molar-refractivity contribution in [1.82, 2.24) is 10.6 Å². The number of aliphatic hydroxyl groups excluding tert-OH is 3. The van der Waals surface area contributed by atoms with Crippen molar-refractivity contribution < 1.29 is 28.9 Å². The maximum atomic E-state index is 15.6. The lowest BCUT2D eigenvalue weighted by Crippen LogP contribution is -2.54. The molecule has 7 nitrogen and oxygen atoms in total. The second kappa shape index (κ2) is 11.7. The van der Waals surface area contributed by atoms with Gasteiger partial charge in [-0.05, 0) is 54.9 Å². The Morgan fingerprint density at radius 1 is 1.21 bits per heavy atom. The second-order valence-electron chi connectivity index (χ2n) is 10.5. The fraction of sp³-hybridized carbons (Fsp3) is 0.519. The molecule has 208 valence electrons. The quantitative estimate of drug-likeness (QED) is 0.260. The Balaban J connectivity index is 1.83. The van der Waals surface area contributed by atoms with Gasteiger partial charge in [-0.2, -0.15) is 0 Å². The summed E-state index contributed by atoms with van der Waals surface area (Å²) in [7, 11) is 0. The predicted molar refractivity (Wildman–Crippen MR) is 141 cm³/mol. The van der Waals surface area contributed by atoms with Gasteiger partial charge >= 0.3 is 0 Å². The maximum Gasteiger partial charge on any atom is 0.237 e. The summed E-state index contributed by atoms with van der Waals surface area (Å²) in [6.07, 6.45) is 1.82. The number of halogens is 4. The third-order valence-electron chi connectivity index (χ3n) is 8.18. The number of carbonyl (C=O) groups is 1. The minimum atomic E-state index is -1.63. The van der Waals surface area contributed by atoms with E-state index in [0.29, 0.717) is 6.42 Å². The molecule has 4 rings (SSSR count). The molecule has 2 fully saturated rings. The van der Waals surface area contributed by atoms with Crippen molar-refractivity contribution in [2.75, 3.05) is 19.8 Å². The Bertz CT molecular complexity index is 1160. The van der Waals surface area contributed by atoms with Gasteiger partial charge < -0.3 is 31.7 Å². The third-order valence-corrected chi connectivity index (χ3v) is 8.70. The molecular weight excluding hydrogens is 539 g/mol. The van der Waals surface area contributed by atoms with E-state index in [9.17, 15) is 15.0 Å². The van der Waals surface area contributed by atoms with E-state index in [-0.39, 0.29) is 40.7 Å². The first-order valence-corrected chi connectivity index (χ1v) is 13.4. The summed E-state index contributed by atoms with van der Waals surface area (Å²) >= 11 is 12.2. The normalized spacial score (nSPS) is 27.1. The number of hydrogen-bond donors (Lipinski definition) is 6. The Hall–Kier alpha value is -1.85. The topological polar surface area (TPSA) is 128 Å². The van der Waals surface area contributed by atoms with Crippen LogP contribution in [-0.4, -0.2) is 59.2 Å². The van der Waals surface area contributed by atoms with Crippen molar-refractivity contribution in [2.45, 2.75) is 61.7 Å². The van der Waals surface area contributed by atoms with Crippen LogP contribution in [0.1, 0.15) is 49.1 Å². The number of nitrogens with two attached hydrogens (primary N) is 1. The van der Waals surface area contributed by atoms with E-state index in [2.05, 4.69) is 10.6 Å². The standard InChI is InChI=1S/C27H33Cl2F2N3O4/c28-15-5-6-18(20(30)11-15)27(32)21(12-26(14-36)8-2-9-26)34-24(25(38)33-10-7-16(37)13-35)22(27)17-3-1-4-19(29)23(17)31/h1,3-6,11,16,21-22,24,34-37H,2,7-10,12-14,32H2,(H,33,38)/t16-,21-,22-,24+,27+/m0/s1. The number of aliphatic hydroxyl groups is 3. The molecule has 0 bridgehead atoms. The van der Waals surface area contributed by atoms with Crippen molar-refractivity contribution in [3.05, 3.63) is 69.2 Å². The number of carbonyl (C=O) groups excluding carboxylic acids is 1. The van der Waals surface area contributed by atoms with Crippen LogP contribution < -0.4 is 16.4 Å². The Kier molecular flexibility index (Phi) is 8.98. The van der Waals surface area contributed by atoms with Gasteiger partial charge in [0.15, 0.2) is 0 Å². The number of hydrogen-bond acceptors (Lipinski definition) is 6. The molecule has 1 saturated carbocycles. The predicted octanol–water partition coefficient (Wildman–Crippen LogP) is 2.96. The molecule has 0 aromatic heterocycles. The second-order valence-corrected chi connectivity index (χ2v) is 11.4. The zero-order valence-electron chi connectivity index (χ0n) is 20.8. The van der Waals surface area contributed by atoms with Gasteiger partial charge in [0.05, 0.1) is 29.3 Å². The van der Waals surface area contributed by atoms with E-state index in [0.717, 1.165) is 25.3 Å². The number of rotatable bonds is 10. The molecule has 1 aliphatic heterocycles. The highest BCUT2D eigenvalue weighted by Crippen LogP contribution is 2.53. The van der Waals surface area contributed by atoms with Gasteiger partial charge in [0.25, 0.3) is 0 Å². The van der Waals surface area contributed by atoms with Crippen LogP contribution in [0.5, 0.6) is 0 Å². The third kappa shape index (κ3) is 5.43. The summed E-state index contributed by atoms with van der Waals surface area (Å²) in [6, 6.07) is 6.64. The van der Waals surface area contributed by atoms with Gasteiger partial charge in [-0.15, -0.1) is 0 Å². The fourth-order valence-electron chi connectivity index (χ4n) is 5.89. The first-order chi connectivity index (χ1) is 18.1. The summed E-state index contributed by atoms with van der Waals surface area (Å²) in [5, 5.41) is 34.9. The van der Waals surface area contributed by atoms with Crippen molar-refractivity contribution in [3.63, 3.8) is 0 Å². The number of amides is 1. The largest absolute Gasteiger partial charge is 0.396 e. The van der Waals surface area contributed by atoms with Crippen molar-refractivity contribution in [3.8, 4) is 0 Å². The summed E-state index contributed by atoms with van der Waals surface area (Å²) in [6.45, 7) is -0.515. The molecule has 2 aliphatic rings. The van der Waals surface area contributed by atoms with Crippen molar-refractivity contribution >= 4 is 29.1 Å². The van der Waals surface area contributed by atoms with Gasteiger partial charge in [-0.1, -0.05) is 47.8 Å². The van der Waals surface area contributed by atoms with E-state index in [1.807, 2.05) is 0 Å². The molecule has 11 heteroatoms. The van der Waals surface area contributed by atoms with E-state index in [1.165, 1.54) is 24.3 Å². The van der Waals surface area contributed by atoms with E-state index in [4.69, 9.17) is 34.0 Å². The monoisotopic (exact) mass is 571 g/mol. The molecule has 2 aromatic carbocycles. The van der Waals surface area contributed by atoms with Crippen LogP contribution in [0.25, 0.3) is 0 Å². The van der Waals surface area contributed by atoms with Gasteiger partial charge in [-0.3, -0.25) is 4.79 Å². The molecule has 38 heavy (non-hydrogen) atoms. The molecule has 7 N–H and O–H groups in total. The Morgan fingerprint density at radius 2 is 1.95 bits per heavy atom. The van der Waals surface area contributed by atoms with Crippen LogP contribution >= 0.6 is 23.2 Å². The lowest BCUT2D eigenvalue weighted by molar-refractivity contribution is -0.123. The molecule has 1 aliphatic carbocycles. The highest BCUT2D eigenvalue weighted by atomic mass is 35.5. The van der Waals surface area contributed by atoms with Crippen LogP contribution in [-0.2, 0) is 10.3 Å². The zero-order valence-corrected chi connectivity index (χ0v) is 22.3. The van der Waals surface area contributed by atoms with E-state index < -0.39 is 59.2 Å². The Labute approximate surface area is 230 Å². The zero-order chi connectivity index (χ0) is 27.7. The SMILES string of the molecule is N[C@]1(c2ccc(Cl)cc2F)[C@H](CC2(CO)CCC2)N[C@@H](C(=O)NCC[C@H](O)CO)[C@@H]1c1cccc(Cl)c1F. The highest BCUT2D eigenvalue weighted by Gasteiger charge is 2.59. The van der Waals surface area contributed by atoms with Gasteiger partial charge in [0.2, 0.25) is 5.91 Å². The van der Waals surface area contributed by atoms with Crippen LogP contribution in [0.2, 0.25) is 10.0 Å². The molecule has 1 heterocycles. The van der Waals surface area contributed by atoms with Crippen LogP contribution in [0.3, 0.4) is 0 Å². The smallest absolute Gasteiger partial charge is 0.237 e. The number of benzene rings is 2. The fourth-order valence-corrected chi connectivity index (χ4v) is 6.23. The Morgan fingerprint density at radius 3 is 2.55 bits per heavy atom. The average Bonchev–Trinajstić information content (AvgIpc) is 3.15. The van der Waals surface area contributed by atoms with E-state index in [1.54, 1.807) is 6.07 Å². The molecule has 1 saturated heterocycles. The van der Waals surface area contributed by atoms with Gasteiger partial charge in [0, 0.05) is 35.7 Å². The van der Waals surface area contributed by atoms with Gasteiger partial charge in [0.1, 0.15) is 11.6 Å². The van der Waals surface area contributed by atoms with Crippen LogP contribution in [0, 0.1) is 17.0 Å². The maximum absolute atomic E-state index is 15.6. The summed E-state index contributed by atoms with van der Waals surface area (Å²) in [5.74, 6) is -3.09. The minimum absolute atomic E-state index is 0.0433. The molecule has 0 radical (unpaired) electrons. The molecule has 0 spiro atoms. The van der Waals surface area contributed by atoms with Crippen molar-refractivity contribution in [2.24, 2.45) is 11.1 Å². The van der Waals surface area contributed by atoms with Crippen LogP contribution in [0.4, 0.5) is 8.78 Å². The van der Waals surface area contributed by atoms with Gasteiger partial charge in [-0.25, -0.2) is 8.78 Å². The summed E-state index contributed by atoms with van der Waals surface area (Å²) in [4.78, 5) is 13.5. The lowest BCUT2D eigenvalue weighted by Gasteiger charge is -2.46. The highest BCUT2D eigenvalue weighted by molar-refractivity contribution is 6.31. The molecule has 5 atom stereocenters. The van der Waals surface area contributed by atoms with Crippen LogP contribution in [0.15, 0.2) is 36.4 Å². The summed E-state index contributed by atoms with van der Waals surface area (Å²) in [5.41, 5.74) is 5.16. The molecule has 2 aromatic rings. The van der Waals surface area contributed by atoms with E-state index >= 15 is 8.78 Å². The molecule has 1 amide bonds. The minimum Gasteiger partial charge on any atom is -0.396 e. The molecule has 0 unspecified atom stereocenters. The number of nitrogens with one attached hydrogen (secondary N) is 2. The van der Waals surface area contributed by atoms with Crippen molar-refractivity contribution in [1.29, 1.82) is 0 Å². The first-order valence-electron chi connectivity index (χ1n) is 12.7.